The van der Waals surface area contributed by atoms with Crippen molar-refractivity contribution in [2.75, 3.05) is 0 Å². The van der Waals surface area contributed by atoms with Crippen LogP contribution in [0.5, 0.6) is 0 Å². The highest BCUT2D eigenvalue weighted by Gasteiger charge is 2.14. The summed E-state index contributed by atoms with van der Waals surface area (Å²) in [4.78, 5) is 12.3. The van der Waals surface area contributed by atoms with Gasteiger partial charge in [-0.15, -0.1) is 10.2 Å². The minimum absolute atomic E-state index is 0.169. The number of carbonyl (C=O) groups excluding carboxylic acids is 1. The molecule has 3 rings (SSSR count). The highest BCUT2D eigenvalue weighted by Crippen LogP contribution is 2.21. The fraction of sp³-hybridized carbons (Fsp3) is 0.143. The molecule has 1 atom stereocenters. The Labute approximate surface area is 129 Å². The summed E-state index contributed by atoms with van der Waals surface area (Å²) in [7, 11) is 0. The van der Waals surface area contributed by atoms with E-state index in [4.69, 9.17) is 0 Å². The van der Waals surface area contributed by atoms with E-state index in [-0.39, 0.29) is 11.9 Å². The summed E-state index contributed by atoms with van der Waals surface area (Å²) in [5.41, 5.74) is 0.597. The molecule has 1 amide bonds. The number of halogens is 1. The van der Waals surface area contributed by atoms with Crippen LogP contribution in [0.15, 0.2) is 40.9 Å². The molecule has 0 aliphatic rings. The van der Waals surface area contributed by atoms with Crippen LogP contribution in [0, 0.1) is 0 Å². The Hall–Kier alpha value is -2.28. The number of fused-ring (bicyclic) bond motifs is 1. The van der Waals surface area contributed by atoms with Gasteiger partial charge < -0.3 is 5.32 Å². The van der Waals surface area contributed by atoms with Crippen LogP contribution in [-0.4, -0.2) is 26.5 Å². The molecule has 106 valence electrons. The van der Waals surface area contributed by atoms with Crippen LogP contribution in [-0.2, 0) is 0 Å². The van der Waals surface area contributed by atoms with E-state index in [1.807, 2.05) is 30.3 Å². The molecule has 0 fully saturated rings. The first kappa shape index (κ1) is 13.7. The van der Waals surface area contributed by atoms with Gasteiger partial charge in [-0.05, 0) is 42.0 Å². The molecule has 21 heavy (non-hydrogen) atoms. The fourth-order valence-corrected chi connectivity index (χ4v) is 2.43. The molecule has 2 N–H and O–H groups in total. The quantitative estimate of drug-likeness (QED) is 0.764. The van der Waals surface area contributed by atoms with E-state index in [0.717, 1.165) is 15.2 Å². The Morgan fingerprint density at radius 2 is 2.00 bits per heavy atom. The minimum atomic E-state index is -0.308. The first-order chi connectivity index (χ1) is 10.1. The number of nitrogens with one attached hydrogen (secondary N) is 2. The minimum Gasteiger partial charge on any atom is -0.342 e. The average molecular weight is 346 g/mol. The highest BCUT2D eigenvalue weighted by atomic mass is 79.9. The Morgan fingerprint density at radius 3 is 2.76 bits per heavy atom. The predicted octanol–water partition coefficient (Wildman–Crippen LogP) is 2.61. The molecule has 7 heteroatoms. The summed E-state index contributed by atoms with van der Waals surface area (Å²) in [6.45, 7) is 1.81. The van der Waals surface area contributed by atoms with Crippen LogP contribution in [0.3, 0.4) is 0 Å². The summed E-state index contributed by atoms with van der Waals surface area (Å²) >= 11 is 3.43. The third kappa shape index (κ3) is 2.92. The van der Waals surface area contributed by atoms with E-state index in [0.29, 0.717) is 11.4 Å². The number of hydrogen-bond acceptors (Lipinski definition) is 4. The monoisotopic (exact) mass is 345 g/mol. The molecule has 0 saturated carbocycles. The van der Waals surface area contributed by atoms with Crippen molar-refractivity contribution < 1.29 is 4.79 Å². The number of H-pyrrole nitrogens is 1. The number of nitrogens with zero attached hydrogens (tertiary/aromatic N) is 3. The molecule has 0 radical (unpaired) electrons. The third-order valence-corrected chi connectivity index (χ3v) is 3.65. The maximum Gasteiger partial charge on any atom is 0.251 e. The molecule has 2 aromatic carbocycles. The van der Waals surface area contributed by atoms with Gasteiger partial charge in [0.15, 0.2) is 5.82 Å². The first-order valence-electron chi connectivity index (χ1n) is 6.37. The number of hydrogen-bond donors (Lipinski definition) is 2. The van der Waals surface area contributed by atoms with E-state index in [1.165, 1.54) is 0 Å². The molecular weight excluding hydrogens is 334 g/mol. The van der Waals surface area contributed by atoms with Gasteiger partial charge in [0.25, 0.3) is 5.91 Å². The zero-order chi connectivity index (χ0) is 14.8. The van der Waals surface area contributed by atoms with Gasteiger partial charge in [0, 0.05) is 10.0 Å². The number of rotatable bonds is 3. The molecular formula is C14H12BrN5O. The largest absolute Gasteiger partial charge is 0.342 e. The molecule has 0 aliphatic carbocycles. The van der Waals surface area contributed by atoms with Gasteiger partial charge in [0.05, 0.1) is 6.04 Å². The zero-order valence-electron chi connectivity index (χ0n) is 11.2. The van der Waals surface area contributed by atoms with Crippen molar-refractivity contribution in [2.24, 2.45) is 0 Å². The third-order valence-electron chi connectivity index (χ3n) is 3.16. The SMILES string of the molecule is CC(NC(=O)c1ccc2cc(Br)ccc2c1)c1nn[nH]n1. The molecule has 3 aromatic rings. The molecule has 0 spiro atoms. The molecule has 1 aromatic heterocycles. The van der Waals surface area contributed by atoms with Crippen molar-refractivity contribution in [1.82, 2.24) is 25.9 Å². The lowest BCUT2D eigenvalue weighted by Crippen LogP contribution is -2.27. The lowest BCUT2D eigenvalue weighted by atomic mass is 10.1. The van der Waals surface area contributed by atoms with Crippen molar-refractivity contribution in [3.05, 3.63) is 52.3 Å². The Morgan fingerprint density at radius 1 is 1.24 bits per heavy atom. The topological polar surface area (TPSA) is 83.6 Å². The second kappa shape index (κ2) is 5.61. The van der Waals surface area contributed by atoms with E-state index < -0.39 is 0 Å². The van der Waals surface area contributed by atoms with Gasteiger partial charge in [-0.25, -0.2) is 0 Å². The number of aromatic amines is 1. The van der Waals surface area contributed by atoms with Gasteiger partial charge in [0.1, 0.15) is 0 Å². The van der Waals surface area contributed by atoms with Gasteiger partial charge in [0.2, 0.25) is 0 Å². The number of amides is 1. The molecule has 0 bridgehead atoms. The van der Waals surface area contributed by atoms with Crippen LogP contribution in [0.2, 0.25) is 0 Å². The molecule has 1 unspecified atom stereocenters. The number of benzene rings is 2. The van der Waals surface area contributed by atoms with Crippen LogP contribution >= 0.6 is 15.9 Å². The summed E-state index contributed by atoms with van der Waals surface area (Å²) < 4.78 is 1.01. The second-order valence-corrected chi connectivity index (χ2v) is 5.59. The Balaban J connectivity index is 1.83. The Bertz CT molecular complexity index is 787. The van der Waals surface area contributed by atoms with E-state index in [1.54, 1.807) is 13.0 Å². The molecule has 6 nitrogen and oxygen atoms in total. The normalized spacial score (nSPS) is 12.3. The van der Waals surface area contributed by atoms with Gasteiger partial charge in [-0.2, -0.15) is 5.21 Å². The van der Waals surface area contributed by atoms with Gasteiger partial charge in [-0.1, -0.05) is 33.3 Å². The number of aromatic nitrogens is 4. The molecule has 1 heterocycles. The van der Waals surface area contributed by atoms with Crippen molar-refractivity contribution in [3.8, 4) is 0 Å². The fourth-order valence-electron chi connectivity index (χ4n) is 2.06. The first-order valence-corrected chi connectivity index (χ1v) is 7.16. The number of tetrazole rings is 1. The van der Waals surface area contributed by atoms with E-state index in [9.17, 15) is 4.79 Å². The number of carbonyl (C=O) groups is 1. The Kier molecular flexibility index (Phi) is 3.66. The predicted molar refractivity (Wildman–Crippen MR) is 81.7 cm³/mol. The van der Waals surface area contributed by atoms with Crippen LogP contribution in [0.4, 0.5) is 0 Å². The maximum absolute atomic E-state index is 12.3. The van der Waals surface area contributed by atoms with Crippen molar-refractivity contribution in [3.63, 3.8) is 0 Å². The van der Waals surface area contributed by atoms with E-state index >= 15 is 0 Å². The summed E-state index contributed by atoms with van der Waals surface area (Å²) in [5, 5.41) is 18.5. The summed E-state index contributed by atoms with van der Waals surface area (Å²) in [6.07, 6.45) is 0. The maximum atomic E-state index is 12.3. The molecule has 0 saturated heterocycles. The van der Waals surface area contributed by atoms with Crippen LogP contribution in [0.1, 0.15) is 29.1 Å². The lowest BCUT2D eigenvalue weighted by Gasteiger charge is -2.10. The lowest BCUT2D eigenvalue weighted by molar-refractivity contribution is 0.0938. The van der Waals surface area contributed by atoms with Crippen molar-refractivity contribution in [1.29, 1.82) is 0 Å². The van der Waals surface area contributed by atoms with E-state index in [2.05, 4.69) is 41.9 Å². The average Bonchev–Trinajstić information content (AvgIpc) is 3.01. The standard InChI is InChI=1S/C14H12BrN5O/c1-8(13-17-19-20-18-13)16-14(21)11-3-2-10-7-12(15)5-4-9(10)6-11/h2-8H,1H3,(H,16,21)(H,17,18,19,20). The van der Waals surface area contributed by atoms with Gasteiger partial charge in [-0.3, -0.25) is 4.79 Å². The smallest absolute Gasteiger partial charge is 0.251 e. The van der Waals surface area contributed by atoms with Crippen molar-refractivity contribution in [2.45, 2.75) is 13.0 Å². The molecule has 0 aliphatic heterocycles. The summed E-state index contributed by atoms with van der Waals surface area (Å²) in [6, 6.07) is 11.2. The zero-order valence-corrected chi connectivity index (χ0v) is 12.8. The highest BCUT2D eigenvalue weighted by molar-refractivity contribution is 9.10. The second-order valence-electron chi connectivity index (χ2n) is 4.67. The van der Waals surface area contributed by atoms with Crippen molar-refractivity contribution >= 4 is 32.6 Å². The van der Waals surface area contributed by atoms with Gasteiger partial charge >= 0.3 is 0 Å². The van der Waals surface area contributed by atoms with Crippen LogP contribution in [0.25, 0.3) is 10.8 Å². The van der Waals surface area contributed by atoms with Crippen LogP contribution < -0.4 is 5.32 Å². The summed E-state index contributed by atoms with van der Waals surface area (Å²) in [5.74, 6) is 0.283.